The molecule has 0 amide bonds. The van der Waals surface area contributed by atoms with Gasteiger partial charge in [0.05, 0.1) is 13.7 Å². The quantitative estimate of drug-likeness (QED) is 0.695. The standard InChI is InChI=1S/C15H23NO2/c1-12(2)13-5-6-15(18-4)14(11-13)7-8-16(3)9-10-17/h5-6,10-12H,7-9H2,1-4H3. The van der Waals surface area contributed by atoms with Gasteiger partial charge in [-0.05, 0) is 36.6 Å². The Hall–Kier alpha value is -1.35. The second-order valence-electron chi connectivity index (χ2n) is 4.90. The zero-order valence-electron chi connectivity index (χ0n) is 11.8. The lowest BCUT2D eigenvalue weighted by atomic mass is 9.99. The number of hydrogen-bond donors (Lipinski definition) is 0. The topological polar surface area (TPSA) is 29.5 Å². The maximum Gasteiger partial charge on any atom is 0.133 e. The van der Waals surface area contributed by atoms with Gasteiger partial charge in [0.15, 0.2) is 0 Å². The van der Waals surface area contributed by atoms with E-state index in [1.165, 1.54) is 11.1 Å². The SMILES string of the molecule is COc1ccc(C(C)C)cc1CCN(C)CC=O. The summed E-state index contributed by atoms with van der Waals surface area (Å²) in [6, 6.07) is 6.35. The molecule has 3 nitrogen and oxygen atoms in total. The first-order chi connectivity index (χ1) is 8.58. The molecule has 0 unspecified atom stereocenters. The molecule has 0 saturated heterocycles. The molecule has 3 heteroatoms. The minimum absolute atomic E-state index is 0.478. The number of hydrogen-bond acceptors (Lipinski definition) is 3. The Morgan fingerprint density at radius 3 is 2.67 bits per heavy atom. The number of nitrogens with zero attached hydrogens (tertiary/aromatic N) is 1. The summed E-state index contributed by atoms with van der Waals surface area (Å²) in [5.74, 6) is 1.45. The fourth-order valence-electron chi connectivity index (χ4n) is 1.88. The van der Waals surface area contributed by atoms with Gasteiger partial charge in [-0.3, -0.25) is 4.90 Å². The van der Waals surface area contributed by atoms with Crippen molar-refractivity contribution in [3.05, 3.63) is 29.3 Å². The van der Waals surface area contributed by atoms with Gasteiger partial charge in [0.25, 0.3) is 0 Å². The van der Waals surface area contributed by atoms with Crippen LogP contribution in [0.15, 0.2) is 18.2 Å². The van der Waals surface area contributed by atoms with Gasteiger partial charge >= 0.3 is 0 Å². The van der Waals surface area contributed by atoms with E-state index in [1.54, 1.807) is 7.11 Å². The fourth-order valence-corrected chi connectivity index (χ4v) is 1.88. The molecule has 18 heavy (non-hydrogen) atoms. The van der Waals surface area contributed by atoms with Crippen LogP contribution in [0.5, 0.6) is 5.75 Å². The second kappa shape index (κ2) is 7.17. The summed E-state index contributed by atoms with van der Waals surface area (Å²) in [6.07, 6.45) is 1.83. The lowest BCUT2D eigenvalue weighted by Crippen LogP contribution is -2.23. The summed E-state index contributed by atoms with van der Waals surface area (Å²) >= 11 is 0. The minimum Gasteiger partial charge on any atom is -0.496 e. The highest BCUT2D eigenvalue weighted by molar-refractivity contribution is 5.51. The maximum absolute atomic E-state index is 10.4. The summed E-state index contributed by atoms with van der Waals surface area (Å²) in [4.78, 5) is 12.4. The van der Waals surface area contributed by atoms with Gasteiger partial charge in [-0.2, -0.15) is 0 Å². The smallest absolute Gasteiger partial charge is 0.133 e. The van der Waals surface area contributed by atoms with Crippen molar-refractivity contribution in [3.8, 4) is 5.75 Å². The molecular formula is C15H23NO2. The predicted octanol–water partition coefficient (Wildman–Crippen LogP) is 2.49. The Morgan fingerprint density at radius 1 is 1.39 bits per heavy atom. The van der Waals surface area contributed by atoms with Crippen molar-refractivity contribution in [3.63, 3.8) is 0 Å². The van der Waals surface area contributed by atoms with Crippen LogP contribution in [-0.4, -0.2) is 38.4 Å². The number of rotatable bonds is 7. The third-order valence-corrected chi connectivity index (χ3v) is 3.12. The number of benzene rings is 1. The summed E-state index contributed by atoms with van der Waals surface area (Å²) in [7, 11) is 3.65. The van der Waals surface area contributed by atoms with E-state index in [2.05, 4.69) is 26.0 Å². The van der Waals surface area contributed by atoms with Crippen molar-refractivity contribution in [1.29, 1.82) is 0 Å². The van der Waals surface area contributed by atoms with Crippen LogP contribution in [0, 0.1) is 0 Å². The molecule has 0 aliphatic carbocycles. The second-order valence-corrected chi connectivity index (χ2v) is 4.90. The average Bonchev–Trinajstić information content (AvgIpc) is 2.36. The predicted molar refractivity (Wildman–Crippen MR) is 74.3 cm³/mol. The monoisotopic (exact) mass is 249 g/mol. The van der Waals surface area contributed by atoms with E-state index < -0.39 is 0 Å². The Labute approximate surface area is 110 Å². The van der Waals surface area contributed by atoms with Crippen LogP contribution in [-0.2, 0) is 11.2 Å². The van der Waals surface area contributed by atoms with Crippen molar-refractivity contribution in [2.75, 3.05) is 27.2 Å². The van der Waals surface area contributed by atoms with E-state index >= 15 is 0 Å². The van der Waals surface area contributed by atoms with Crippen LogP contribution < -0.4 is 4.74 Å². The highest BCUT2D eigenvalue weighted by atomic mass is 16.5. The Bertz CT molecular complexity index is 388. The van der Waals surface area contributed by atoms with Crippen molar-refractivity contribution >= 4 is 6.29 Å². The van der Waals surface area contributed by atoms with E-state index in [1.807, 2.05) is 18.0 Å². The van der Waals surface area contributed by atoms with Crippen molar-refractivity contribution < 1.29 is 9.53 Å². The van der Waals surface area contributed by atoms with E-state index in [4.69, 9.17) is 4.74 Å². The molecule has 0 saturated carbocycles. The third kappa shape index (κ3) is 4.15. The molecule has 0 spiro atoms. The van der Waals surface area contributed by atoms with Crippen LogP contribution in [0.1, 0.15) is 30.9 Å². The minimum atomic E-state index is 0.478. The highest BCUT2D eigenvalue weighted by Crippen LogP contribution is 2.24. The van der Waals surface area contributed by atoms with Gasteiger partial charge < -0.3 is 9.53 Å². The number of likely N-dealkylation sites (N-methyl/N-ethyl adjacent to an activating group) is 1. The molecule has 0 heterocycles. The van der Waals surface area contributed by atoms with Gasteiger partial charge in [-0.25, -0.2) is 0 Å². The zero-order chi connectivity index (χ0) is 13.5. The van der Waals surface area contributed by atoms with Crippen molar-refractivity contribution in [2.45, 2.75) is 26.2 Å². The van der Waals surface area contributed by atoms with Crippen molar-refractivity contribution in [1.82, 2.24) is 4.90 Å². The number of aldehydes is 1. The number of carbonyl (C=O) groups is 1. The zero-order valence-corrected chi connectivity index (χ0v) is 11.8. The van der Waals surface area contributed by atoms with E-state index in [-0.39, 0.29) is 0 Å². The molecule has 0 radical (unpaired) electrons. The van der Waals surface area contributed by atoms with Crippen LogP contribution >= 0.6 is 0 Å². The number of ether oxygens (including phenoxy) is 1. The molecule has 0 bridgehead atoms. The van der Waals surface area contributed by atoms with Crippen LogP contribution in [0.25, 0.3) is 0 Å². The fraction of sp³-hybridized carbons (Fsp3) is 0.533. The summed E-state index contributed by atoms with van der Waals surface area (Å²) in [6.45, 7) is 5.71. The Morgan fingerprint density at radius 2 is 2.11 bits per heavy atom. The lowest BCUT2D eigenvalue weighted by molar-refractivity contribution is -0.108. The molecule has 1 aromatic rings. The molecular weight excluding hydrogens is 226 g/mol. The van der Waals surface area contributed by atoms with Crippen LogP contribution in [0.2, 0.25) is 0 Å². The first-order valence-electron chi connectivity index (χ1n) is 6.37. The normalized spacial score (nSPS) is 11.0. The molecule has 0 atom stereocenters. The number of carbonyl (C=O) groups excluding carboxylic acids is 1. The summed E-state index contributed by atoms with van der Waals surface area (Å²) in [5.41, 5.74) is 2.53. The van der Waals surface area contributed by atoms with Gasteiger partial charge in [0.2, 0.25) is 0 Å². The van der Waals surface area contributed by atoms with Crippen LogP contribution in [0.4, 0.5) is 0 Å². The first-order valence-corrected chi connectivity index (χ1v) is 6.37. The molecule has 0 aliphatic heterocycles. The van der Waals surface area contributed by atoms with Gasteiger partial charge in [0.1, 0.15) is 12.0 Å². The van der Waals surface area contributed by atoms with Gasteiger partial charge in [0, 0.05) is 6.54 Å². The molecule has 0 aliphatic rings. The molecule has 0 fully saturated rings. The van der Waals surface area contributed by atoms with Gasteiger partial charge in [-0.1, -0.05) is 26.0 Å². The molecule has 0 N–H and O–H groups in total. The lowest BCUT2D eigenvalue weighted by Gasteiger charge is -2.16. The van der Waals surface area contributed by atoms with E-state index in [0.717, 1.165) is 25.0 Å². The molecule has 1 aromatic carbocycles. The number of methoxy groups -OCH3 is 1. The Balaban J connectivity index is 2.78. The maximum atomic E-state index is 10.4. The molecule has 100 valence electrons. The highest BCUT2D eigenvalue weighted by Gasteiger charge is 2.08. The largest absolute Gasteiger partial charge is 0.496 e. The van der Waals surface area contributed by atoms with E-state index in [9.17, 15) is 4.79 Å². The van der Waals surface area contributed by atoms with Gasteiger partial charge in [-0.15, -0.1) is 0 Å². The van der Waals surface area contributed by atoms with E-state index in [0.29, 0.717) is 12.5 Å². The summed E-state index contributed by atoms with van der Waals surface area (Å²) < 4.78 is 5.38. The summed E-state index contributed by atoms with van der Waals surface area (Å²) in [5, 5.41) is 0. The average molecular weight is 249 g/mol. The van der Waals surface area contributed by atoms with Crippen LogP contribution in [0.3, 0.4) is 0 Å². The van der Waals surface area contributed by atoms with Crippen molar-refractivity contribution in [2.24, 2.45) is 0 Å². The first kappa shape index (κ1) is 14.7. The Kier molecular flexibility index (Phi) is 5.86. The molecule has 1 rings (SSSR count). The molecule has 0 aromatic heterocycles. The third-order valence-electron chi connectivity index (χ3n) is 3.12.